The molecule has 1 aliphatic rings. The number of rotatable bonds is 12. The lowest BCUT2D eigenvalue weighted by atomic mass is 9.93. The first-order chi connectivity index (χ1) is 15.8. The first kappa shape index (κ1) is 26.3. The van der Waals surface area contributed by atoms with Crippen molar-refractivity contribution in [2.24, 2.45) is 11.5 Å². The molecule has 1 aliphatic carbocycles. The third kappa shape index (κ3) is 9.58. The summed E-state index contributed by atoms with van der Waals surface area (Å²) in [5.41, 5.74) is 12.2. The third-order valence-electron chi connectivity index (χ3n) is 5.49. The smallest absolute Gasteiger partial charge is 0.306 e. The zero-order valence-corrected chi connectivity index (χ0v) is 19.0. The molecule has 0 saturated heterocycles. The van der Waals surface area contributed by atoms with Crippen molar-refractivity contribution in [1.29, 1.82) is 0 Å². The van der Waals surface area contributed by atoms with E-state index in [2.05, 4.69) is 10.6 Å². The number of primary amides is 1. The summed E-state index contributed by atoms with van der Waals surface area (Å²) in [6.45, 7) is 1.39. The molecule has 0 bridgehead atoms. The predicted molar refractivity (Wildman–Crippen MR) is 120 cm³/mol. The van der Waals surface area contributed by atoms with Crippen LogP contribution in [0.4, 0.5) is 0 Å². The highest BCUT2D eigenvalue weighted by Gasteiger charge is 2.26. The van der Waals surface area contributed by atoms with Crippen LogP contribution in [0.2, 0.25) is 0 Å². The zero-order chi connectivity index (χ0) is 24.2. The largest absolute Gasteiger partial charge is 0.461 e. The van der Waals surface area contributed by atoms with Gasteiger partial charge in [0.05, 0.1) is 6.10 Å². The summed E-state index contributed by atoms with van der Waals surface area (Å²) in [6.07, 6.45) is 3.44. The van der Waals surface area contributed by atoms with Crippen molar-refractivity contribution >= 4 is 23.7 Å². The van der Waals surface area contributed by atoms with E-state index in [0.717, 1.165) is 31.2 Å². The number of benzene rings is 1. The van der Waals surface area contributed by atoms with Gasteiger partial charge in [0.15, 0.2) is 0 Å². The van der Waals surface area contributed by atoms with Gasteiger partial charge in [-0.25, -0.2) is 0 Å². The van der Waals surface area contributed by atoms with Crippen LogP contribution >= 0.6 is 0 Å². The quantitative estimate of drug-likeness (QED) is 0.324. The lowest BCUT2D eigenvalue weighted by molar-refractivity contribution is -0.145. The van der Waals surface area contributed by atoms with Gasteiger partial charge in [-0.1, -0.05) is 43.2 Å². The molecule has 1 fully saturated rings. The molecular weight excluding hydrogens is 428 g/mol. The molecule has 0 aromatic heterocycles. The SMILES string of the molecule is C[C@H](NC(=O)COC1CCCCC1N)C(=O)N[C@H](CCC(=O)OCc1ccccc1)C(N)=O. The Labute approximate surface area is 193 Å². The molecule has 1 aromatic carbocycles. The molecule has 0 radical (unpaired) electrons. The number of hydrogen-bond donors (Lipinski definition) is 4. The average Bonchev–Trinajstić information content (AvgIpc) is 2.80. The van der Waals surface area contributed by atoms with E-state index >= 15 is 0 Å². The summed E-state index contributed by atoms with van der Waals surface area (Å²) in [7, 11) is 0. The number of carbonyl (C=O) groups excluding carboxylic acids is 4. The van der Waals surface area contributed by atoms with Gasteiger partial charge in [0.25, 0.3) is 0 Å². The summed E-state index contributed by atoms with van der Waals surface area (Å²) in [6, 6.07) is 7.08. The molecule has 3 amide bonds. The van der Waals surface area contributed by atoms with Crippen molar-refractivity contribution in [1.82, 2.24) is 10.6 Å². The topological polar surface area (TPSA) is 163 Å². The van der Waals surface area contributed by atoms with Crippen molar-refractivity contribution in [3.05, 3.63) is 35.9 Å². The highest BCUT2D eigenvalue weighted by Crippen LogP contribution is 2.19. The van der Waals surface area contributed by atoms with Gasteiger partial charge >= 0.3 is 5.97 Å². The second-order valence-corrected chi connectivity index (χ2v) is 8.24. The Morgan fingerprint density at radius 1 is 1.09 bits per heavy atom. The van der Waals surface area contributed by atoms with Gasteiger partial charge in [0.1, 0.15) is 25.3 Å². The van der Waals surface area contributed by atoms with Crippen LogP contribution in [0.1, 0.15) is 51.0 Å². The second-order valence-electron chi connectivity index (χ2n) is 8.24. The third-order valence-corrected chi connectivity index (χ3v) is 5.49. The van der Waals surface area contributed by atoms with Gasteiger partial charge in [0, 0.05) is 12.5 Å². The van der Waals surface area contributed by atoms with Crippen LogP contribution in [0.5, 0.6) is 0 Å². The molecule has 4 atom stereocenters. The van der Waals surface area contributed by atoms with Gasteiger partial charge in [-0.05, 0) is 31.7 Å². The Kier molecular flexibility index (Phi) is 10.8. The van der Waals surface area contributed by atoms with E-state index in [0.29, 0.717) is 0 Å². The standard InChI is InChI=1S/C23H34N4O6/c1-15(26-20(28)14-32-19-10-6-5-9-17(19)24)23(31)27-18(22(25)30)11-12-21(29)33-13-16-7-3-2-4-8-16/h2-4,7-8,15,17-19H,5-6,9-14,24H2,1H3,(H2,25,30)(H,26,28)(H,27,31)/t15-,17?,18+,19?/m0/s1. The van der Waals surface area contributed by atoms with E-state index in [9.17, 15) is 19.2 Å². The monoisotopic (exact) mass is 462 g/mol. The maximum atomic E-state index is 12.4. The predicted octanol–water partition coefficient (Wildman–Crippen LogP) is 0.271. The molecule has 1 aromatic rings. The molecule has 10 heteroatoms. The van der Waals surface area contributed by atoms with Crippen molar-refractivity contribution in [2.45, 2.75) is 76.3 Å². The van der Waals surface area contributed by atoms with E-state index in [1.54, 1.807) is 0 Å². The van der Waals surface area contributed by atoms with E-state index in [1.165, 1.54) is 6.92 Å². The van der Waals surface area contributed by atoms with Crippen LogP contribution in [-0.4, -0.2) is 54.5 Å². The Bertz CT molecular complexity index is 803. The van der Waals surface area contributed by atoms with Gasteiger partial charge in [-0.2, -0.15) is 0 Å². The van der Waals surface area contributed by atoms with Gasteiger partial charge in [-0.15, -0.1) is 0 Å². The second kappa shape index (κ2) is 13.5. The Morgan fingerprint density at radius 2 is 1.79 bits per heavy atom. The molecule has 1 saturated carbocycles. The number of ether oxygens (including phenoxy) is 2. The molecule has 33 heavy (non-hydrogen) atoms. The summed E-state index contributed by atoms with van der Waals surface area (Å²) in [5.74, 6) is -2.36. The first-order valence-corrected chi connectivity index (χ1v) is 11.2. The van der Waals surface area contributed by atoms with Crippen LogP contribution in [0, 0.1) is 0 Å². The van der Waals surface area contributed by atoms with E-state index in [-0.39, 0.29) is 38.2 Å². The van der Waals surface area contributed by atoms with Crippen molar-refractivity contribution < 1.29 is 28.7 Å². The van der Waals surface area contributed by atoms with Crippen LogP contribution < -0.4 is 22.1 Å². The van der Waals surface area contributed by atoms with Crippen molar-refractivity contribution in [3.8, 4) is 0 Å². The van der Waals surface area contributed by atoms with Gasteiger partial charge in [0.2, 0.25) is 17.7 Å². The Hall–Kier alpha value is -2.98. The van der Waals surface area contributed by atoms with E-state index < -0.39 is 35.8 Å². The minimum Gasteiger partial charge on any atom is -0.461 e. The minimum atomic E-state index is -1.07. The highest BCUT2D eigenvalue weighted by atomic mass is 16.5. The lowest BCUT2D eigenvalue weighted by Gasteiger charge is -2.28. The number of nitrogens with one attached hydrogen (secondary N) is 2. The zero-order valence-electron chi connectivity index (χ0n) is 19.0. The number of esters is 1. The summed E-state index contributed by atoms with van der Waals surface area (Å²) in [5, 5.41) is 4.99. The molecule has 182 valence electrons. The van der Waals surface area contributed by atoms with E-state index in [1.807, 2.05) is 30.3 Å². The minimum absolute atomic E-state index is 0.0158. The Morgan fingerprint density at radius 3 is 2.45 bits per heavy atom. The molecule has 2 unspecified atom stereocenters. The number of hydrogen-bond acceptors (Lipinski definition) is 7. The summed E-state index contributed by atoms with van der Waals surface area (Å²) in [4.78, 5) is 48.2. The molecule has 0 spiro atoms. The van der Waals surface area contributed by atoms with Crippen molar-refractivity contribution in [3.63, 3.8) is 0 Å². The lowest BCUT2D eigenvalue weighted by Crippen LogP contribution is -2.52. The number of nitrogens with two attached hydrogens (primary N) is 2. The number of carbonyl (C=O) groups is 4. The van der Waals surface area contributed by atoms with E-state index in [4.69, 9.17) is 20.9 Å². The molecule has 2 rings (SSSR count). The fourth-order valence-corrected chi connectivity index (χ4v) is 3.52. The molecule has 0 heterocycles. The molecule has 10 nitrogen and oxygen atoms in total. The van der Waals surface area contributed by atoms with Crippen molar-refractivity contribution in [2.75, 3.05) is 6.61 Å². The number of amides is 3. The highest BCUT2D eigenvalue weighted by molar-refractivity contribution is 5.91. The van der Waals surface area contributed by atoms with Crippen LogP contribution in [0.25, 0.3) is 0 Å². The maximum absolute atomic E-state index is 12.4. The van der Waals surface area contributed by atoms with Gasteiger partial charge in [-0.3, -0.25) is 19.2 Å². The normalized spacial score (nSPS) is 19.7. The summed E-state index contributed by atoms with van der Waals surface area (Å²) < 4.78 is 10.7. The van der Waals surface area contributed by atoms with Crippen LogP contribution in [0.15, 0.2) is 30.3 Å². The molecular formula is C23H34N4O6. The Balaban J connectivity index is 1.72. The van der Waals surface area contributed by atoms with Crippen LogP contribution in [0.3, 0.4) is 0 Å². The average molecular weight is 463 g/mol. The fraction of sp³-hybridized carbons (Fsp3) is 0.565. The summed E-state index contributed by atoms with van der Waals surface area (Å²) >= 11 is 0. The maximum Gasteiger partial charge on any atom is 0.306 e. The molecule has 6 N–H and O–H groups in total. The fourth-order valence-electron chi connectivity index (χ4n) is 3.52. The molecule has 0 aliphatic heterocycles. The first-order valence-electron chi connectivity index (χ1n) is 11.2. The van der Waals surface area contributed by atoms with Crippen LogP contribution in [-0.2, 0) is 35.3 Å². The van der Waals surface area contributed by atoms with Gasteiger partial charge < -0.3 is 31.6 Å².